The predicted octanol–water partition coefficient (Wildman–Crippen LogP) is 4.67. The second-order valence-corrected chi connectivity index (χ2v) is 11.1. The first kappa shape index (κ1) is 24.8. The van der Waals surface area contributed by atoms with Gasteiger partial charge in [0.25, 0.3) is 0 Å². The fraction of sp³-hybridized carbons (Fsp3) is 0.346. The maximum atomic E-state index is 13.6. The molecule has 0 aliphatic heterocycles. The van der Waals surface area contributed by atoms with E-state index in [0.717, 1.165) is 33.7 Å². The van der Waals surface area contributed by atoms with Crippen LogP contribution in [0.3, 0.4) is 0 Å². The zero-order valence-electron chi connectivity index (χ0n) is 20.7. The summed E-state index contributed by atoms with van der Waals surface area (Å²) >= 11 is 0. The number of sulfonamides is 1. The average molecular weight is 494 g/mol. The maximum Gasteiger partial charge on any atom is 0.243 e. The van der Waals surface area contributed by atoms with Crippen molar-refractivity contribution in [3.05, 3.63) is 77.5 Å². The summed E-state index contributed by atoms with van der Waals surface area (Å²) in [5, 5.41) is 0. The Hall–Kier alpha value is -3.30. The number of nitrogens with zero attached hydrogens (tertiary/aromatic N) is 4. The van der Waals surface area contributed by atoms with Crippen molar-refractivity contribution in [2.75, 3.05) is 14.2 Å². The molecule has 3 heterocycles. The Kier molecular flexibility index (Phi) is 7.18. The van der Waals surface area contributed by atoms with E-state index in [1.165, 1.54) is 4.31 Å². The Bertz CT molecular complexity index is 1410. The second-order valence-electron chi connectivity index (χ2n) is 9.07. The first-order valence-electron chi connectivity index (χ1n) is 11.6. The fourth-order valence-corrected chi connectivity index (χ4v) is 5.64. The van der Waals surface area contributed by atoms with Crippen LogP contribution in [0.4, 0.5) is 0 Å². The molecule has 1 aromatic carbocycles. The van der Waals surface area contributed by atoms with Crippen LogP contribution in [0.25, 0.3) is 11.0 Å². The number of nitrogens with one attached hydrogen (secondary N) is 1. The number of rotatable bonds is 9. The van der Waals surface area contributed by atoms with Gasteiger partial charge in [0.15, 0.2) is 0 Å². The number of pyridine rings is 2. The molecule has 0 saturated heterocycles. The lowest BCUT2D eigenvalue weighted by molar-refractivity contribution is 0.307. The van der Waals surface area contributed by atoms with Gasteiger partial charge in [-0.15, -0.1) is 0 Å². The Balaban J connectivity index is 1.61. The van der Waals surface area contributed by atoms with E-state index in [1.807, 2.05) is 31.2 Å². The Morgan fingerprint density at radius 1 is 1.06 bits per heavy atom. The summed E-state index contributed by atoms with van der Waals surface area (Å²) < 4.78 is 34.1. The van der Waals surface area contributed by atoms with Gasteiger partial charge in [-0.2, -0.15) is 4.31 Å². The van der Waals surface area contributed by atoms with Crippen LogP contribution in [0.15, 0.2) is 59.8 Å². The molecule has 0 saturated carbocycles. The summed E-state index contributed by atoms with van der Waals surface area (Å²) in [7, 11) is -0.596. The molecule has 0 radical (unpaired) electrons. The van der Waals surface area contributed by atoms with Crippen LogP contribution in [-0.4, -0.2) is 46.8 Å². The van der Waals surface area contributed by atoms with Gasteiger partial charge in [-0.05, 0) is 49.1 Å². The molecule has 0 aliphatic carbocycles. The minimum Gasteiger partial charge on any atom is -0.481 e. The van der Waals surface area contributed by atoms with E-state index < -0.39 is 16.1 Å². The van der Waals surface area contributed by atoms with Crippen LogP contribution in [0.5, 0.6) is 5.88 Å². The van der Waals surface area contributed by atoms with Crippen LogP contribution in [-0.2, 0) is 16.4 Å². The third-order valence-electron chi connectivity index (χ3n) is 6.05. The number of aromatic nitrogens is 4. The molecule has 1 atom stereocenters. The Morgan fingerprint density at radius 3 is 2.49 bits per heavy atom. The van der Waals surface area contributed by atoms with Crippen LogP contribution < -0.4 is 4.74 Å². The van der Waals surface area contributed by atoms with Gasteiger partial charge in [-0.1, -0.05) is 32.0 Å². The molecule has 0 aliphatic rings. The Morgan fingerprint density at radius 2 is 1.80 bits per heavy atom. The van der Waals surface area contributed by atoms with Gasteiger partial charge in [0.2, 0.25) is 15.9 Å². The molecular formula is C26H31N5O3S. The summed E-state index contributed by atoms with van der Waals surface area (Å²) in [4.78, 5) is 16.8. The van der Waals surface area contributed by atoms with Gasteiger partial charge in [0.05, 0.1) is 29.3 Å². The maximum absolute atomic E-state index is 13.6. The lowest BCUT2D eigenvalue weighted by Crippen LogP contribution is -2.32. The highest BCUT2D eigenvalue weighted by molar-refractivity contribution is 7.89. The zero-order chi connectivity index (χ0) is 25.2. The molecule has 8 nitrogen and oxygen atoms in total. The first-order chi connectivity index (χ1) is 16.7. The van der Waals surface area contributed by atoms with Crippen LogP contribution >= 0.6 is 0 Å². The normalized spacial score (nSPS) is 13.0. The van der Waals surface area contributed by atoms with E-state index >= 15 is 0 Å². The van der Waals surface area contributed by atoms with Gasteiger partial charge in [-0.3, -0.25) is 4.98 Å². The van der Waals surface area contributed by atoms with E-state index in [2.05, 4.69) is 33.8 Å². The summed E-state index contributed by atoms with van der Waals surface area (Å²) in [6.07, 6.45) is 4.58. The van der Waals surface area contributed by atoms with Crippen LogP contribution in [0, 0.1) is 12.8 Å². The molecule has 0 fully saturated rings. The molecule has 1 N–H and O–H groups in total. The third-order valence-corrected chi connectivity index (χ3v) is 7.93. The summed E-state index contributed by atoms with van der Waals surface area (Å²) in [6, 6.07) is 12.1. The number of benzene rings is 1. The minimum atomic E-state index is -3.76. The number of aromatic amines is 1. The monoisotopic (exact) mass is 493 g/mol. The van der Waals surface area contributed by atoms with Crippen molar-refractivity contribution in [2.45, 2.75) is 44.6 Å². The topological polar surface area (TPSA) is 101 Å². The lowest BCUT2D eigenvalue weighted by Gasteiger charge is -2.30. The van der Waals surface area contributed by atoms with Crippen molar-refractivity contribution in [1.82, 2.24) is 24.2 Å². The first-order valence-corrected chi connectivity index (χ1v) is 13.0. The van der Waals surface area contributed by atoms with Gasteiger partial charge >= 0.3 is 0 Å². The molecule has 0 bridgehead atoms. The molecule has 35 heavy (non-hydrogen) atoms. The van der Waals surface area contributed by atoms with Crippen molar-refractivity contribution in [2.24, 2.45) is 5.92 Å². The number of hydrogen-bond acceptors (Lipinski definition) is 6. The minimum absolute atomic E-state index is 0.238. The number of methoxy groups -OCH3 is 1. The molecule has 0 amide bonds. The van der Waals surface area contributed by atoms with E-state index in [4.69, 9.17) is 4.74 Å². The summed E-state index contributed by atoms with van der Waals surface area (Å²) in [6.45, 7) is 6.05. The van der Waals surface area contributed by atoms with Crippen molar-refractivity contribution < 1.29 is 13.2 Å². The average Bonchev–Trinajstić information content (AvgIpc) is 3.23. The van der Waals surface area contributed by atoms with Crippen molar-refractivity contribution in [3.63, 3.8) is 0 Å². The van der Waals surface area contributed by atoms with Crippen LogP contribution in [0.2, 0.25) is 0 Å². The molecule has 4 aromatic rings. The highest BCUT2D eigenvalue weighted by Gasteiger charge is 2.31. The summed E-state index contributed by atoms with van der Waals surface area (Å²) in [5.74, 6) is 1.54. The SMILES string of the molecule is COc1ncccc1C(CC(C)C)N(C)S(=O)(=O)c1ccc(Cc2nccc3[nH]c(C)nc23)cc1. The van der Waals surface area contributed by atoms with E-state index in [9.17, 15) is 8.42 Å². The molecule has 184 valence electrons. The van der Waals surface area contributed by atoms with E-state index in [-0.39, 0.29) is 10.8 Å². The molecule has 0 spiro atoms. The van der Waals surface area contributed by atoms with Gasteiger partial charge in [-0.25, -0.2) is 18.4 Å². The van der Waals surface area contributed by atoms with Crippen molar-refractivity contribution in [3.8, 4) is 5.88 Å². The smallest absolute Gasteiger partial charge is 0.243 e. The van der Waals surface area contributed by atoms with Gasteiger partial charge in [0.1, 0.15) is 11.3 Å². The number of hydrogen-bond donors (Lipinski definition) is 1. The van der Waals surface area contributed by atoms with Crippen molar-refractivity contribution >= 4 is 21.1 Å². The fourth-order valence-electron chi connectivity index (χ4n) is 4.29. The number of aryl methyl sites for hydroxylation is 1. The zero-order valence-corrected chi connectivity index (χ0v) is 21.5. The molecule has 9 heteroatoms. The van der Waals surface area contributed by atoms with Gasteiger partial charge in [0, 0.05) is 31.4 Å². The highest BCUT2D eigenvalue weighted by atomic mass is 32.2. The molecule has 1 unspecified atom stereocenters. The summed E-state index contributed by atoms with van der Waals surface area (Å²) in [5.41, 5.74) is 4.33. The largest absolute Gasteiger partial charge is 0.481 e. The molecular weight excluding hydrogens is 462 g/mol. The molecule has 4 rings (SSSR count). The number of fused-ring (bicyclic) bond motifs is 1. The van der Waals surface area contributed by atoms with E-state index in [1.54, 1.807) is 44.8 Å². The van der Waals surface area contributed by atoms with Gasteiger partial charge < -0.3 is 9.72 Å². The lowest BCUT2D eigenvalue weighted by atomic mass is 9.98. The third kappa shape index (κ3) is 5.21. The standard InChI is InChI=1S/C26H31N5O3S/c1-17(2)15-24(21-7-6-13-28-26(21)34-5)31(4)35(32,33)20-10-8-19(9-11-20)16-23-25-22(12-14-27-23)29-18(3)30-25/h6-14,17,24H,15-16H2,1-5H3,(H,29,30). The predicted molar refractivity (Wildman–Crippen MR) is 136 cm³/mol. The Labute approximate surface area is 206 Å². The number of H-pyrrole nitrogens is 1. The highest BCUT2D eigenvalue weighted by Crippen LogP contribution is 2.35. The van der Waals surface area contributed by atoms with E-state index in [0.29, 0.717) is 18.7 Å². The van der Waals surface area contributed by atoms with Crippen molar-refractivity contribution in [1.29, 1.82) is 0 Å². The quantitative estimate of drug-likeness (QED) is 0.364. The number of imidazole rings is 1. The molecule has 3 aromatic heterocycles. The van der Waals surface area contributed by atoms with Crippen LogP contribution in [0.1, 0.15) is 49.0 Å². The number of ether oxygens (including phenoxy) is 1. The second kappa shape index (κ2) is 10.1.